The molecule has 1 fully saturated rings. The first-order valence-corrected chi connectivity index (χ1v) is 6.27. The molecule has 0 radical (unpaired) electrons. The quantitative estimate of drug-likeness (QED) is 0.623. The van der Waals surface area contributed by atoms with Crippen molar-refractivity contribution in [2.24, 2.45) is 0 Å². The minimum atomic E-state index is -1.02. The SMILES string of the molecule is COc1cc(N2CC(C)(OCC(=O)O)C2)cc([N+](=O)[O-])c1. The highest BCUT2D eigenvalue weighted by molar-refractivity contribution is 5.68. The zero-order valence-electron chi connectivity index (χ0n) is 11.7. The van der Waals surface area contributed by atoms with Crippen LogP contribution < -0.4 is 9.64 Å². The van der Waals surface area contributed by atoms with E-state index < -0.39 is 16.5 Å². The third kappa shape index (κ3) is 3.40. The normalized spacial score (nSPS) is 16.2. The van der Waals surface area contributed by atoms with Gasteiger partial charge in [0.25, 0.3) is 5.69 Å². The molecule has 1 aromatic rings. The van der Waals surface area contributed by atoms with Crippen LogP contribution in [0.4, 0.5) is 11.4 Å². The Balaban J connectivity index is 2.09. The largest absolute Gasteiger partial charge is 0.496 e. The van der Waals surface area contributed by atoms with E-state index in [4.69, 9.17) is 14.6 Å². The van der Waals surface area contributed by atoms with Gasteiger partial charge in [-0.15, -0.1) is 0 Å². The highest BCUT2D eigenvalue weighted by Crippen LogP contribution is 2.35. The number of rotatable bonds is 6. The highest BCUT2D eigenvalue weighted by Gasteiger charge is 2.40. The van der Waals surface area contributed by atoms with Crippen LogP contribution in [-0.4, -0.2) is 48.4 Å². The number of benzene rings is 1. The summed E-state index contributed by atoms with van der Waals surface area (Å²) < 4.78 is 10.4. The van der Waals surface area contributed by atoms with Crippen molar-refractivity contribution in [3.63, 3.8) is 0 Å². The lowest BCUT2D eigenvalue weighted by atomic mass is 9.95. The van der Waals surface area contributed by atoms with Gasteiger partial charge in [-0.25, -0.2) is 4.79 Å². The molecule has 0 saturated carbocycles. The standard InChI is InChI=1S/C13H16N2O6/c1-13(21-6-12(16)17)7-14(8-13)9-3-10(15(18)19)5-11(4-9)20-2/h3-5H,6-8H2,1-2H3,(H,16,17). The van der Waals surface area contributed by atoms with E-state index in [0.717, 1.165) is 0 Å². The molecule has 21 heavy (non-hydrogen) atoms. The summed E-state index contributed by atoms with van der Waals surface area (Å²) in [4.78, 5) is 22.8. The number of carboxylic acids is 1. The second kappa shape index (κ2) is 5.57. The molecule has 0 bridgehead atoms. The second-order valence-electron chi connectivity index (χ2n) is 5.13. The maximum Gasteiger partial charge on any atom is 0.329 e. The van der Waals surface area contributed by atoms with Gasteiger partial charge in [-0.1, -0.05) is 0 Å². The van der Waals surface area contributed by atoms with E-state index in [2.05, 4.69) is 0 Å². The van der Waals surface area contributed by atoms with Gasteiger partial charge in [0, 0.05) is 30.9 Å². The molecule has 1 heterocycles. The number of hydrogen-bond donors (Lipinski definition) is 1. The van der Waals surface area contributed by atoms with Crippen LogP contribution in [0.15, 0.2) is 18.2 Å². The number of ether oxygens (including phenoxy) is 2. The van der Waals surface area contributed by atoms with Crippen molar-refractivity contribution < 1.29 is 24.3 Å². The molecule has 8 heteroatoms. The zero-order valence-corrected chi connectivity index (χ0v) is 11.7. The molecule has 0 aromatic heterocycles. The molecular weight excluding hydrogens is 280 g/mol. The number of nitrogens with zero attached hydrogens (tertiary/aromatic N) is 2. The summed E-state index contributed by atoms with van der Waals surface area (Å²) in [5.41, 5.74) is 0.0397. The summed E-state index contributed by atoms with van der Waals surface area (Å²) in [5, 5.41) is 19.5. The predicted octanol–water partition coefficient (Wildman–Crippen LogP) is 1.28. The lowest BCUT2D eigenvalue weighted by Gasteiger charge is -2.48. The van der Waals surface area contributed by atoms with E-state index in [1.165, 1.54) is 19.2 Å². The van der Waals surface area contributed by atoms with Crippen molar-refractivity contribution in [2.75, 3.05) is 31.7 Å². The van der Waals surface area contributed by atoms with Gasteiger partial charge in [0.2, 0.25) is 0 Å². The number of aliphatic carboxylic acids is 1. The van der Waals surface area contributed by atoms with Crippen molar-refractivity contribution in [3.8, 4) is 5.75 Å². The number of nitro groups is 1. The Morgan fingerprint density at radius 2 is 2.14 bits per heavy atom. The molecule has 114 valence electrons. The Kier molecular flexibility index (Phi) is 3.99. The molecule has 1 aliphatic heterocycles. The third-order valence-corrected chi connectivity index (χ3v) is 3.28. The van der Waals surface area contributed by atoms with Crippen molar-refractivity contribution in [1.29, 1.82) is 0 Å². The van der Waals surface area contributed by atoms with Gasteiger partial charge in [-0.05, 0) is 6.92 Å². The Morgan fingerprint density at radius 3 is 2.67 bits per heavy atom. The summed E-state index contributed by atoms with van der Waals surface area (Å²) >= 11 is 0. The number of carbonyl (C=O) groups is 1. The number of nitro benzene ring substituents is 1. The molecule has 8 nitrogen and oxygen atoms in total. The second-order valence-corrected chi connectivity index (χ2v) is 5.13. The molecule has 0 aliphatic carbocycles. The van der Waals surface area contributed by atoms with E-state index in [1.54, 1.807) is 13.0 Å². The number of hydrogen-bond acceptors (Lipinski definition) is 6. The van der Waals surface area contributed by atoms with Crippen molar-refractivity contribution in [1.82, 2.24) is 0 Å². The van der Waals surface area contributed by atoms with Crippen LogP contribution in [0.5, 0.6) is 5.75 Å². The number of methoxy groups -OCH3 is 1. The fourth-order valence-electron chi connectivity index (χ4n) is 2.24. The topological polar surface area (TPSA) is 102 Å². The molecular formula is C13H16N2O6. The van der Waals surface area contributed by atoms with Crippen molar-refractivity contribution >= 4 is 17.3 Å². The van der Waals surface area contributed by atoms with Crippen LogP contribution in [0.2, 0.25) is 0 Å². The fourth-order valence-corrected chi connectivity index (χ4v) is 2.24. The van der Waals surface area contributed by atoms with E-state index in [1.807, 2.05) is 4.90 Å². The van der Waals surface area contributed by atoms with Crippen LogP contribution in [0.1, 0.15) is 6.92 Å². The highest BCUT2D eigenvalue weighted by atomic mass is 16.6. The maximum atomic E-state index is 10.9. The van der Waals surface area contributed by atoms with Gasteiger partial charge in [0.15, 0.2) is 0 Å². The summed E-state index contributed by atoms with van der Waals surface area (Å²) in [5.74, 6) is -0.619. The lowest BCUT2D eigenvalue weighted by Crippen LogP contribution is -2.62. The van der Waals surface area contributed by atoms with Crippen molar-refractivity contribution in [2.45, 2.75) is 12.5 Å². The molecule has 0 amide bonds. The van der Waals surface area contributed by atoms with Crippen LogP contribution >= 0.6 is 0 Å². The molecule has 0 unspecified atom stereocenters. The fraction of sp³-hybridized carbons (Fsp3) is 0.462. The summed E-state index contributed by atoms with van der Waals surface area (Å²) in [6.07, 6.45) is 0. The summed E-state index contributed by atoms with van der Waals surface area (Å²) in [7, 11) is 1.44. The monoisotopic (exact) mass is 296 g/mol. The average molecular weight is 296 g/mol. The Bertz CT molecular complexity index is 568. The van der Waals surface area contributed by atoms with Crippen molar-refractivity contribution in [3.05, 3.63) is 28.3 Å². The summed E-state index contributed by atoms with van der Waals surface area (Å²) in [6, 6.07) is 4.51. The first-order chi connectivity index (χ1) is 9.83. The van der Waals surface area contributed by atoms with Crippen LogP contribution in [0.3, 0.4) is 0 Å². The number of carboxylic acid groups (broad SMARTS) is 1. The van der Waals surface area contributed by atoms with E-state index in [-0.39, 0.29) is 12.3 Å². The molecule has 0 atom stereocenters. The predicted molar refractivity (Wildman–Crippen MR) is 73.9 cm³/mol. The number of non-ortho nitro benzene ring substituents is 1. The minimum absolute atomic E-state index is 0.0515. The Labute approximate surface area is 121 Å². The zero-order chi connectivity index (χ0) is 15.6. The Hall–Kier alpha value is -2.35. The molecule has 1 aliphatic rings. The van der Waals surface area contributed by atoms with Gasteiger partial charge in [-0.3, -0.25) is 10.1 Å². The van der Waals surface area contributed by atoms with Gasteiger partial charge in [0.1, 0.15) is 18.0 Å². The van der Waals surface area contributed by atoms with Crippen LogP contribution in [-0.2, 0) is 9.53 Å². The molecule has 0 spiro atoms. The number of anilines is 1. The summed E-state index contributed by atoms with van der Waals surface area (Å²) in [6.45, 7) is 2.37. The van der Waals surface area contributed by atoms with Gasteiger partial charge >= 0.3 is 5.97 Å². The molecule has 1 aromatic carbocycles. The molecule has 1 saturated heterocycles. The van der Waals surface area contributed by atoms with E-state index >= 15 is 0 Å². The van der Waals surface area contributed by atoms with Gasteiger partial charge in [0.05, 0.1) is 18.1 Å². The maximum absolute atomic E-state index is 10.9. The van der Waals surface area contributed by atoms with Crippen LogP contribution in [0.25, 0.3) is 0 Å². The average Bonchev–Trinajstić information content (AvgIpc) is 2.41. The first kappa shape index (κ1) is 15.0. The third-order valence-electron chi connectivity index (χ3n) is 3.28. The Morgan fingerprint density at radius 1 is 1.48 bits per heavy atom. The lowest BCUT2D eigenvalue weighted by molar-refractivity contribution is -0.384. The smallest absolute Gasteiger partial charge is 0.329 e. The van der Waals surface area contributed by atoms with Crippen LogP contribution in [0, 0.1) is 10.1 Å². The molecule has 2 rings (SSSR count). The van der Waals surface area contributed by atoms with Gasteiger partial charge in [-0.2, -0.15) is 0 Å². The molecule has 1 N–H and O–H groups in total. The first-order valence-electron chi connectivity index (χ1n) is 6.27. The van der Waals surface area contributed by atoms with E-state index in [0.29, 0.717) is 24.5 Å². The van der Waals surface area contributed by atoms with E-state index in [9.17, 15) is 14.9 Å². The minimum Gasteiger partial charge on any atom is -0.496 e. The van der Waals surface area contributed by atoms with Gasteiger partial charge < -0.3 is 19.5 Å².